The number of carbonyl (C=O) groups excluding carboxylic acids is 1. The van der Waals surface area contributed by atoms with Crippen molar-refractivity contribution in [2.45, 2.75) is 0 Å². The molecule has 0 fully saturated rings. The molecule has 120 valence electrons. The zero-order valence-corrected chi connectivity index (χ0v) is 15.5. The summed E-state index contributed by atoms with van der Waals surface area (Å²) in [5, 5.41) is 15.9. The molecule has 0 radical (unpaired) electrons. The second-order valence-electron chi connectivity index (χ2n) is 5.09. The van der Waals surface area contributed by atoms with Crippen molar-refractivity contribution in [1.29, 1.82) is 0 Å². The average molecular weight is 448 g/mol. The van der Waals surface area contributed by atoms with E-state index in [2.05, 4.69) is 42.4 Å². The van der Waals surface area contributed by atoms with E-state index in [1.165, 1.54) is 6.21 Å². The summed E-state index contributed by atoms with van der Waals surface area (Å²) in [5.41, 5.74) is 3.47. The van der Waals surface area contributed by atoms with E-state index in [4.69, 9.17) is 0 Å². The number of amides is 1. The topological polar surface area (TPSA) is 61.7 Å². The van der Waals surface area contributed by atoms with Crippen LogP contribution in [0.25, 0.3) is 10.8 Å². The van der Waals surface area contributed by atoms with E-state index in [0.29, 0.717) is 15.6 Å². The Morgan fingerprint density at radius 1 is 1.04 bits per heavy atom. The number of benzene rings is 3. The summed E-state index contributed by atoms with van der Waals surface area (Å²) in [5.74, 6) is -0.257. The molecular weight excluding hydrogens is 436 g/mol. The standard InChI is InChI=1S/C18H12Br2N2O2/c19-15-8-14(17(23)16(20)9-15)10-21-22-18(24)13-6-5-11-3-1-2-4-12(11)7-13/h1-10,23H,(H,22,24)/b21-10-. The Morgan fingerprint density at radius 3 is 2.58 bits per heavy atom. The van der Waals surface area contributed by atoms with Crippen LogP contribution in [0.4, 0.5) is 0 Å². The van der Waals surface area contributed by atoms with E-state index < -0.39 is 0 Å². The first kappa shape index (κ1) is 16.7. The number of aromatic hydroxyl groups is 1. The SMILES string of the molecule is O=C(N/N=C\c1cc(Br)cc(Br)c1O)c1ccc2ccccc2c1. The van der Waals surface area contributed by atoms with Gasteiger partial charge in [-0.3, -0.25) is 4.79 Å². The van der Waals surface area contributed by atoms with Gasteiger partial charge in [-0.1, -0.05) is 46.3 Å². The van der Waals surface area contributed by atoms with Crippen molar-refractivity contribution in [2.75, 3.05) is 0 Å². The van der Waals surface area contributed by atoms with Gasteiger partial charge in [0.05, 0.1) is 10.7 Å². The maximum atomic E-state index is 12.2. The fraction of sp³-hybridized carbons (Fsp3) is 0. The lowest BCUT2D eigenvalue weighted by Gasteiger charge is -2.04. The highest BCUT2D eigenvalue weighted by Gasteiger charge is 2.07. The summed E-state index contributed by atoms with van der Waals surface area (Å²) in [6.45, 7) is 0. The largest absolute Gasteiger partial charge is 0.506 e. The minimum absolute atomic E-state index is 0.0573. The van der Waals surface area contributed by atoms with E-state index in [9.17, 15) is 9.90 Å². The third kappa shape index (κ3) is 3.66. The van der Waals surface area contributed by atoms with Gasteiger partial charge in [0.2, 0.25) is 0 Å². The molecular formula is C18H12Br2N2O2. The summed E-state index contributed by atoms with van der Waals surface area (Å²) in [4.78, 5) is 12.2. The predicted molar refractivity (Wildman–Crippen MR) is 103 cm³/mol. The molecule has 0 saturated heterocycles. The van der Waals surface area contributed by atoms with E-state index in [1.807, 2.05) is 36.4 Å². The van der Waals surface area contributed by atoms with Crippen molar-refractivity contribution in [2.24, 2.45) is 5.10 Å². The molecule has 6 heteroatoms. The van der Waals surface area contributed by atoms with Gasteiger partial charge >= 0.3 is 0 Å². The van der Waals surface area contributed by atoms with Crippen LogP contribution in [0.2, 0.25) is 0 Å². The Hall–Kier alpha value is -2.18. The highest BCUT2D eigenvalue weighted by Crippen LogP contribution is 2.30. The van der Waals surface area contributed by atoms with Gasteiger partial charge in [0.1, 0.15) is 5.75 Å². The molecule has 2 N–H and O–H groups in total. The molecule has 0 unspecified atom stereocenters. The summed E-state index contributed by atoms with van der Waals surface area (Å²) >= 11 is 6.59. The third-order valence-corrected chi connectivity index (χ3v) is 4.50. The minimum Gasteiger partial charge on any atom is -0.506 e. The van der Waals surface area contributed by atoms with Crippen molar-refractivity contribution in [3.05, 3.63) is 74.7 Å². The van der Waals surface area contributed by atoms with E-state index in [1.54, 1.807) is 18.2 Å². The molecule has 0 bridgehead atoms. The second kappa shape index (κ2) is 7.15. The van der Waals surface area contributed by atoms with Crippen molar-refractivity contribution in [1.82, 2.24) is 5.43 Å². The van der Waals surface area contributed by atoms with E-state index in [-0.39, 0.29) is 11.7 Å². The second-order valence-corrected chi connectivity index (χ2v) is 6.86. The molecule has 0 saturated carbocycles. The fourth-order valence-corrected chi connectivity index (χ4v) is 3.50. The van der Waals surface area contributed by atoms with Crippen molar-refractivity contribution < 1.29 is 9.90 Å². The molecule has 0 aliphatic carbocycles. The summed E-state index contributed by atoms with van der Waals surface area (Å²) in [6, 6.07) is 16.7. The van der Waals surface area contributed by atoms with Gasteiger partial charge in [0.15, 0.2) is 0 Å². The first-order valence-corrected chi connectivity index (χ1v) is 8.63. The Morgan fingerprint density at radius 2 is 1.79 bits per heavy atom. The summed E-state index contributed by atoms with van der Waals surface area (Å²) in [7, 11) is 0. The number of hydrogen-bond acceptors (Lipinski definition) is 3. The number of nitrogens with one attached hydrogen (secondary N) is 1. The Kier molecular flexibility index (Phi) is 4.97. The maximum absolute atomic E-state index is 12.2. The van der Waals surface area contributed by atoms with Crippen LogP contribution in [0.5, 0.6) is 5.75 Å². The third-order valence-electron chi connectivity index (χ3n) is 3.44. The average Bonchev–Trinajstić information content (AvgIpc) is 2.58. The first-order valence-electron chi connectivity index (χ1n) is 7.05. The van der Waals surface area contributed by atoms with Gasteiger partial charge in [-0.2, -0.15) is 5.10 Å². The van der Waals surface area contributed by atoms with Crippen LogP contribution in [-0.4, -0.2) is 17.2 Å². The van der Waals surface area contributed by atoms with E-state index >= 15 is 0 Å². The van der Waals surface area contributed by atoms with Gasteiger partial charge in [-0.15, -0.1) is 0 Å². The van der Waals surface area contributed by atoms with Gasteiger partial charge < -0.3 is 5.11 Å². The number of phenolic OH excluding ortho intramolecular Hbond substituents is 1. The lowest BCUT2D eigenvalue weighted by atomic mass is 10.1. The van der Waals surface area contributed by atoms with Crippen molar-refractivity contribution >= 4 is 54.8 Å². The van der Waals surface area contributed by atoms with Crippen LogP contribution >= 0.6 is 31.9 Å². The summed E-state index contributed by atoms with van der Waals surface area (Å²) < 4.78 is 1.33. The van der Waals surface area contributed by atoms with E-state index in [0.717, 1.165) is 15.2 Å². The number of rotatable bonds is 3. The number of carbonyl (C=O) groups is 1. The molecule has 0 atom stereocenters. The number of fused-ring (bicyclic) bond motifs is 1. The smallest absolute Gasteiger partial charge is 0.271 e. The number of halogens is 2. The lowest BCUT2D eigenvalue weighted by Crippen LogP contribution is -2.17. The number of hydrogen-bond donors (Lipinski definition) is 2. The molecule has 0 aromatic heterocycles. The quantitative estimate of drug-likeness (QED) is 0.446. The van der Waals surface area contributed by atoms with Crippen LogP contribution in [-0.2, 0) is 0 Å². The van der Waals surface area contributed by atoms with Crippen molar-refractivity contribution in [3.63, 3.8) is 0 Å². The Balaban J connectivity index is 1.77. The van der Waals surface area contributed by atoms with Crippen LogP contribution in [0.1, 0.15) is 15.9 Å². The van der Waals surface area contributed by atoms with Gasteiger partial charge in [0, 0.05) is 15.6 Å². The van der Waals surface area contributed by atoms with Crippen LogP contribution in [0, 0.1) is 0 Å². The normalized spacial score (nSPS) is 11.1. The fourth-order valence-electron chi connectivity index (χ4n) is 2.24. The highest BCUT2D eigenvalue weighted by molar-refractivity contribution is 9.11. The molecule has 4 nitrogen and oxygen atoms in total. The molecule has 3 aromatic rings. The number of phenols is 1. The molecule has 3 rings (SSSR count). The zero-order chi connectivity index (χ0) is 17.1. The molecule has 1 amide bonds. The molecule has 0 aliphatic heterocycles. The molecule has 0 aliphatic rings. The number of nitrogens with zero attached hydrogens (tertiary/aromatic N) is 1. The predicted octanol–water partition coefficient (Wildman–Crippen LogP) is 4.83. The molecule has 3 aromatic carbocycles. The van der Waals surface area contributed by atoms with Crippen LogP contribution < -0.4 is 5.43 Å². The first-order chi connectivity index (χ1) is 11.5. The van der Waals surface area contributed by atoms with Gasteiger partial charge in [-0.25, -0.2) is 5.43 Å². The van der Waals surface area contributed by atoms with Gasteiger partial charge in [-0.05, 0) is 51.0 Å². The van der Waals surface area contributed by atoms with Crippen LogP contribution in [0.3, 0.4) is 0 Å². The molecule has 0 spiro atoms. The Labute approximate surface area is 155 Å². The maximum Gasteiger partial charge on any atom is 0.271 e. The van der Waals surface area contributed by atoms with Crippen molar-refractivity contribution in [3.8, 4) is 5.75 Å². The molecule has 24 heavy (non-hydrogen) atoms. The van der Waals surface area contributed by atoms with Crippen LogP contribution in [0.15, 0.2) is 68.6 Å². The summed E-state index contributed by atoms with van der Waals surface area (Å²) in [6.07, 6.45) is 1.39. The monoisotopic (exact) mass is 446 g/mol. The molecule has 0 heterocycles. The Bertz CT molecular complexity index is 955. The zero-order valence-electron chi connectivity index (χ0n) is 12.3. The lowest BCUT2D eigenvalue weighted by molar-refractivity contribution is 0.0955. The highest BCUT2D eigenvalue weighted by atomic mass is 79.9. The number of hydrazone groups is 1. The van der Waals surface area contributed by atoms with Gasteiger partial charge in [0.25, 0.3) is 5.91 Å². The minimum atomic E-state index is -0.314.